The highest BCUT2D eigenvalue weighted by Gasteiger charge is 2.22. The van der Waals surface area contributed by atoms with Crippen molar-refractivity contribution in [2.75, 3.05) is 12.4 Å². The normalized spacial score (nSPS) is 12.8. The van der Waals surface area contributed by atoms with E-state index in [2.05, 4.69) is 44.6 Å². The molecular formula is C20H25BN6. The van der Waals surface area contributed by atoms with Crippen molar-refractivity contribution in [2.45, 2.75) is 46.4 Å². The smallest absolute Gasteiger partial charge is 0.272 e. The summed E-state index contributed by atoms with van der Waals surface area (Å²) in [6.07, 6.45) is 4.37. The van der Waals surface area contributed by atoms with Gasteiger partial charge in [-0.25, -0.2) is 19.9 Å². The van der Waals surface area contributed by atoms with Gasteiger partial charge in [-0.1, -0.05) is 43.9 Å². The van der Waals surface area contributed by atoms with E-state index in [0.29, 0.717) is 6.54 Å². The van der Waals surface area contributed by atoms with Gasteiger partial charge in [0.15, 0.2) is 5.65 Å². The van der Waals surface area contributed by atoms with E-state index in [0.717, 1.165) is 41.6 Å². The number of aryl methyl sites for hydroxylation is 2. The van der Waals surface area contributed by atoms with Gasteiger partial charge in [-0.15, -0.1) is 0 Å². The summed E-state index contributed by atoms with van der Waals surface area (Å²) in [7, 11) is 1.86. The van der Waals surface area contributed by atoms with E-state index in [-0.39, 0.29) is 6.71 Å². The van der Waals surface area contributed by atoms with Gasteiger partial charge < -0.3 is 5.32 Å². The molecule has 138 valence electrons. The zero-order valence-corrected chi connectivity index (χ0v) is 16.5. The molecule has 0 unspecified atom stereocenters. The Labute approximate surface area is 160 Å². The highest BCUT2D eigenvalue weighted by atomic mass is 15.3. The van der Waals surface area contributed by atoms with Gasteiger partial charge in [0.1, 0.15) is 12.1 Å². The van der Waals surface area contributed by atoms with Gasteiger partial charge >= 0.3 is 0 Å². The number of hydrogen-bond donors (Lipinski definition) is 1. The lowest BCUT2D eigenvalue weighted by Crippen LogP contribution is -2.22. The highest BCUT2D eigenvalue weighted by molar-refractivity contribution is 6.66. The predicted molar refractivity (Wildman–Crippen MR) is 110 cm³/mol. The summed E-state index contributed by atoms with van der Waals surface area (Å²) in [5, 5.41) is 17.9. The molecule has 1 aliphatic heterocycles. The predicted octanol–water partition coefficient (Wildman–Crippen LogP) is 3.45. The van der Waals surface area contributed by atoms with E-state index < -0.39 is 0 Å². The fourth-order valence-corrected chi connectivity index (χ4v) is 3.67. The van der Waals surface area contributed by atoms with E-state index >= 15 is 0 Å². The standard InChI is InChI=1S/C18H19BN6.C2H6/c1-12-16-17(21-2)22-11-23-18(16)25(24-12)9-13-3-4-15-8-19(10-20)6-5-14(15)7-13;1-2/h3-4,7,11H,5-6,8-9H2,1-2H3,(H,21,22,23);1-2H3. The number of aromatic nitrogens is 4. The second kappa shape index (κ2) is 8.21. The lowest BCUT2D eigenvalue weighted by atomic mass is 9.42. The molecule has 1 aromatic carbocycles. The van der Waals surface area contributed by atoms with Crippen molar-refractivity contribution in [1.82, 2.24) is 19.7 Å². The second-order valence-electron chi connectivity index (χ2n) is 6.59. The average molecular weight is 360 g/mol. The molecule has 1 N–H and O–H groups in total. The number of nitriles is 1. The molecule has 0 bridgehead atoms. The molecule has 3 aromatic rings. The maximum atomic E-state index is 9.13. The first-order valence-corrected chi connectivity index (χ1v) is 9.55. The van der Waals surface area contributed by atoms with E-state index in [1.165, 1.54) is 16.7 Å². The van der Waals surface area contributed by atoms with Crippen LogP contribution in [0.1, 0.15) is 36.2 Å². The van der Waals surface area contributed by atoms with Crippen molar-refractivity contribution < 1.29 is 0 Å². The molecule has 3 heterocycles. The number of hydrogen-bond acceptors (Lipinski definition) is 5. The molecule has 0 saturated carbocycles. The minimum absolute atomic E-state index is 0.160. The first-order chi connectivity index (χ1) is 13.2. The third kappa shape index (κ3) is 3.66. The Bertz CT molecular complexity index is 988. The summed E-state index contributed by atoms with van der Waals surface area (Å²) in [4.78, 5) is 8.71. The molecule has 6 nitrogen and oxygen atoms in total. The summed E-state index contributed by atoms with van der Waals surface area (Å²) in [5.41, 5.74) is 5.66. The van der Waals surface area contributed by atoms with Crippen LogP contribution in [0.15, 0.2) is 24.5 Å². The molecular weight excluding hydrogens is 335 g/mol. The lowest BCUT2D eigenvalue weighted by molar-refractivity contribution is 0.694. The molecule has 7 heteroatoms. The van der Waals surface area contributed by atoms with Crippen LogP contribution < -0.4 is 5.32 Å². The molecule has 4 rings (SSSR count). The van der Waals surface area contributed by atoms with Crippen molar-refractivity contribution >= 4 is 23.6 Å². The number of nitrogens with zero attached hydrogens (tertiary/aromatic N) is 5. The van der Waals surface area contributed by atoms with E-state index in [9.17, 15) is 0 Å². The van der Waals surface area contributed by atoms with Crippen LogP contribution in [-0.2, 0) is 19.3 Å². The van der Waals surface area contributed by atoms with Crippen LogP contribution in [0.2, 0.25) is 6.32 Å². The van der Waals surface area contributed by atoms with Crippen LogP contribution in [0.4, 0.5) is 5.82 Å². The van der Waals surface area contributed by atoms with Crippen molar-refractivity contribution in [3.05, 3.63) is 46.9 Å². The van der Waals surface area contributed by atoms with Gasteiger partial charge in [0.25, 0.3) is 6.71 Å². The Hall–Kier alpha value is -2.88. The van der Waals surface area contributed by atoms with E-state index in [1.54, 1.807) is 6.33 Å². The minimum Gasteiger partial charge on any atom is -0.372 e. The maximum absolute atomic E-state index is 9.13. The summed E-state index contributed by atoms with van der Waals surface area (Å²) in [6.45, 7) is 6.82. The van der Waals surface area contributed by atoms with Gasteiger partial charge in [-0.05, 0) is 30.8 Å². The quantitative estimate of drug-likeness (QED) is 0.724. The summed E-state index contributed by atoms with van der Waals surface area (Å²) < 4.78 is 1.94. The van der Waals surface area contributed by atoms with Crippen molar-refractivity contribution in [2.24, 2.45) is 0 Å². The van der Waals surface area contributed by atoms with Gasteiger partial charge in [0, 0.05) is 13.0 Å². The van der Waals surface area contributed by atoms with Crippen LogP contribution >= 0.6 is 0 Å². The molecule has 0 atom stereocenters. The highest BCUT2D eigenvalue weighted by Crippen LogP contribution is 2.25. The van der Waals surface area contributed by atoms with Gasteiger partial charge in [-0.2, -0.15) is 5.10 Å². The molecule has 2 aromatic heterocycles. The van der Waals surface area contributed by atoms with Gasteiger partial charge in [-0.3, -0.25) is 0 Å². The van der Waals surface area contributed by atoms with Crippen molar-refractivity contribution in [3.8, 4) is 5.97 Å². The molecule has 0 spiro atoms. The number of nitrogens with one attached hydrogen (secondary N) is 1. The van der Waals surface area contributed by atoms with Crippen molar-refractivity contribution in [1.29, 1.82) is 5.26 Å². The fourth-order valence-electron chi connectivity index (χ4n) is 3.67. The molecule has 0 aliphatic carbocycles. The summed E-state index contributed by atoms with van der Waals surface area (Å²) in [5.74, 6) is 3.21. The number of anilines is 1. The van der Waals surface area contributed by atoms with E-state index in [1.807, 2.05) is 32.5 Å². The average Bonchev–Trinajstić information content (AvgIpc) is 3.04. The Balaban J connectivity index is 0.00000102. The molecule has 0 amide bonds. The van der Waals surface area contributed by atoms with Crippen molar-refractivity contribution in [3.63, 3.8) is 0 Å². The van der Waals surface area contributed by atoms with Gasteiger partial charge in [0.2, 0.25) is 0 Å². The molecule has 27 heavy (non-hydrogen) atoms. The Morgan fingerprint density at radius 2 is 2.07 bits per heavy atom. The Morgan fingerprint density at radius 1 is 1.26 bits per heavy atom. The topological polar surface area (TPSA) is 79.4 Å². The van der Waals surface area contributed by atoms with E-state index in [4.69, 9.17) is 5.26 Å². The first-order valence-electron chi connectivity index (χ1n) is 9.55. The zero-order chi connectivity index (χ0) is 19.4. The Kier molecular flexibility index (Phi) is 5.75. The van der Waals surface area contributed by atoms with Crippen LogP contribution in [0, 0.1) is 18.2 Å². The molecule has 0 fully saturated rings. The third-order valence-electron chi connectivity index (χ3n) is 4.96. The van der Waals surface area contributed by atoms with Crippen LogP contribution in [-0.4, -0.2) is 33.5 Å². The third-order valence-corrected chi connectivity index (χ3v) is 4.96. The first kappa shape index (κ1) is 18.9. The minimum atomic E-state index is 0.160. The lowest BCUT2D eigenvalue weighted by Gasteiger charge is -2.18. The second-order valence-corrected chi connectivity index (χ2v) is 6.59. The zero-order valence-electron chi connectivity index (χ0n) is 16.5. The number of fused-ring (bicyclic) bond motifs is 2. The summed E-state index contributed by atoms with van der Waals surface area (Å²) >= 11 is 0. The number of benzene rings is 1. The van der Waals surface area contributed by atoms with Crippen LogP contribution in [0.5, 0.6) is 0 Å². The largest absolute Gasteiger partial charge is 0.372 e. The van der Waals surface area contributed by atoms with Gasteiger partial charge in [0.05, 0.1) is 17.6 Å². The fraction of sp³-hybridized carbons (Fsp3) is 0.400. The Morgan fingerprint density at radius 3 is 2.81 bits per heavy atom. The summed E-state index contributed by atoms with van der Waals surface area (Å²) in [6, 6.07) is 6.56. The monoisotopic (exact) mass is 360 g/mol. The molecule has 0 saturated heterocycles. The maximum Gasteiger partial charge on any atom is 0.272 e. The number of rotatable bonds is 3. The SMILES string of the molecule is CC.CNc1ncnc2c1c(C)nn2Cc1ccc2c(c1)CCB(C#N)C2. The van der Waals surface area contributed by atoms with Crippen LogP contribution in [0.25, 0.3) is 11.0 Å². The molecule has 1 aliphatic rings. The molecule has 0 radical (unpaired) electrons. The van der Waals surface area contributed by atoms with Crippen LogP contribution in [0.3, 0.4) is 0 Å².